The van der Waals surface area contributed by atoms with Gasteiger partial charge < -0.3 is 4.74 Å². The average molecular weight is 266 g/mol. The quantitative estimate of drug-likeness (QED) is 0.760. The molecule has 0 bridgehead atoms. The smallest absolute Gasteiger partial charge is 0.200 e. The van der Waals surface area contributed by atoms with Crippen LogP contribution in [0.2, 0.25) is 0 Å². The first-order chi connectivity index (χ1) is 9.25. The van der Waals surface area contributed by atoms with Crippen molar-refractivity contribution in [1.29, 1.82) is 0 Å². The third kappa shape index (κ3) is 2.60. The summed E-state index contributed by atoms with van der Waals surface area (Å²) in [6, 6.07) is 3.30. The first kappa shape index (κ1) is 12.9. The number of hydrogen-bond donors (Lipinski definition) is 0. The van der Waals surface area contributed by atoms with Crippen molar-refractivity contribution in [2.24, 2.45) is 5.92 Å². The van der Waals surface area contributed by atoms with Gasteiger partial charge in [0.15, 0.2) is 11.6 Å². The number of benzene rings is 1. The molecule has 0 heterocycles. The Morgan fingerprint density at radius 1 is 0.947 bits per heavy atom. The Hall–Kier alpha value is -1.12. The molecule has 19 heavy (non-hydrogen) atoms. The summed E-state index contributed by atoms with van der Waals surface area (Å²) in [6.45, 7) is 0.513. The molecule has 3 rings (SSSR count). The molecular weight excluding hydrogens is 246 g/mol. The molecule has 3 heteroatoms. The van der Waals surface area contributed by atoms with E-state index in [0.29, 0.717) is 18.1 Å². The van der Waals surface area contributed by atoms with Crippen LogP contribution in [0.25, 0.3) is 0 Å². The van der Waals surface area contributed by atoms with Gasteiger partial charge >= 0.3 is 0 Å². The van der Waals surface area contributed by atoms with Crippen LogP contribution in [0.4, 0.5) is 8.78 Å². The zero-order valence-electron chi connectivity index (χ0n) is 11.1. The van der Waals surface area contributed by atoms with Crippen molar-refractivity contribution in [2.45, 2.75) is 50.9 Å². The highest BCUT2D eigenvalue weighted by molar-refractivity contribution is 5.33. The van der Waals surface area contributed by atoms with Gasteiger partial charge in [0.2, 0.25) is 5.82 Å². The normalized spacial score (nSPS) is 20.5. The average Bonchev–Trinajstić information content (AvgIpc) is 2.85. The molecule has 0 amide bonds. The number of rotatable bonds is 4. The summed E-state index contributed by atoms with van der Waals surface area (Å²) in [7, 11) is 0. The van der Waals surface area contributed by atoms with Crippen molar-refractivity contribution < 1.29 is 13.5 Å². The second-order valence-corrected chi connectivity index (χ2v) is 5.87. The Balaban J connectivity index is 1.69. The summed E-state index contributed by atoms with van der Waals surface area (Å²) < 4.78 is 33.4. The fourth-order valence-electron chi connectivity index (χ4n) is 3.08. The van der Waals surface area contributed by atoms with E-state index >= 15 is 0 Å². The molecule has 0 unspecified atom stereocenters. The number of hydrogen-bond acceptors (Lipinski definition) is 1. The molecule has 2 aliphatic carbocycles. The van der Waals surface area contributed by atoms with E-state index in [1.807, 2.05) is 0 Å². The molecule has 1 aromatic carbocycles. The zero-order chi connectivity index (χ0) is 13.2. The van der Waals surface area contributed by atoms with E-state index in [0.717, 1.165) is 32.1 Å². The fourth-order valence-corrected chi connectivity index (χ4v) is 3.08. The van der Waals surface area contributed by atoms with Crippen LogP contribution in [-0.2, 0) is 0 Å². The third-order valence-electron chi connectivity index (χ3n) is 4.57. The molecule has 0 spiro atoms. The first-order valence-corrected chi connectivity index (χ1v) is 7.36. The van der Waals surface area contributed by atoms with Gasteiger partial charge in [-0.25, -0.2) is 4.39 Å². The van der Waals surface area contributed by atoms with Gasteiger partial charge in [-0.15, -0.1) is 0 Å². The van der Waals surface area contributed by atoms with Crippen molar-refractivity contribution in [3.05, 3.63) is 29.3 Å². The maximum absolute atomic E-state index is 14.0. The van der Waals surface area contributed by atoms with Crippen LogP contribution in [0.15, 0.2) is 12.1 Å². The molecule has 2 fully saturated rings. The van der Waals surface area contributed by atoms with Crippen LogP contribution in [0.3, 0.4) is 0 Å². The minimum Gasteiger partial charge on any atom is -0.490 e. The van der Waals surface area contributed by atoms with Crippen molar-refractivity contribution in [2.75, 3.05) is 6.61 Å². The summed E-state index contributed by atoms with van der Waals surface area (Å²) in [5, 5.41) is 0. The summed E-state index contributed by atoms with van der Waals surface area (Å²) in [4.78, 5) is 0. The van der Waals surface area contributed by atoms with Gasteiger partial charge in [0.1, 0.15) is 0 Å². The minimum absolute atomic E-state index is 0.0764. The van der Waals surface area contributed by atoms with Crippen molar-refractivity contribution in [3.63, 3.8) is 0 Å². The minimum atomic E-state index is -0.803. The van der Waals surface area contributed by atoms with E-state index < -0.39 is 11.6 Å². The number of ether oxygens (including phenoxy) is 1. The molecule has 2 saturated carbocycles. The Labute approximate surface area is 113 Å². The van der Waals surface area contributed by atoms with E-state index in [1.165, 1.54) is 12.8 Å². The Morgan fingerprint density at radius 3 is 2.32 bits per heavy atom. The highest BCUT2D eigenvalue weighted by Crippen LogP contribution is 2.39. The molecule has 0 aliphatic heterocycles. The molecule has 0 saturated heterocycles. The lowest BCUT2D eigenvalue weighted by Gasteiger charge is -2.26. The van der Waals surface area contributed by atoms with Crippen molar-refractivity contribution in [3.8, 4) is 5.75 Å². The predicted molar refractivity (Wildman–Crippen MR) is 70.4 cm³/mol. The molecule has 0 N–H and O–H groups in total. The lowest BCUT2D eigenvalue weighted by molar-refractivity contribution is 0.238. The zero-order valence-corrected chi connectivity index (χ0v) is 11.1. The molecule has 1 nitrogen and oxygen atoms in total. The molecule has 1 aromatic rings. The lowest BCUT2D eigenvalue weighted by atomic mass is 9.80. The number of halogens is 2. The largest absolute Gasteiger partial charge is 0.490 e. The second-order valence-electron chi connectivity index (χ2n) is 5.87. The molecule has 2 aliphatic rings. The maximum atomic E-state index is 14.0. The van der Waals surface area contributed by atoms with Crippen LogP contribution in [-0.4, -0.2) is 6.61 Å². The molecule has 0 aromatic heterocycles. The van der Waals surface area contributed by atoms with Crippen molar-refractivity contribution in [1.82, 2.24) is 0 Å². The van der Waals surface area contributed by atoms with E-state index in [1.54, 1.807) is 12.1 Å². The maximum Gasteiger partial charge on any atom is 0.200 e. The van der Waals surface area contributed by atoms with Gasteiger partial charge in [-0.1, -0.05) is 25.3 Å². The monoisotopic (exact) mass is 266 g/mol. The summed E-state index contributed by atoms with van der Waals surface area (Å²) in [5.74, 6) is -0.712. The first-order valence-electron chi connectivity index (χ1n) is 7.36. The predicted octanol–water partition coefficient (Wildman–Crippen LogP) is 4.80. The fraction of sp³-hybridized carbons (Fsp3) is 0.625. The lowest BCUT2D eigenvalue weighted by Crippen LogP contribution is -2.13. The van der Waals surface area contributed by atoms with Crippen LogP contribution < -0.4 is 4.74 Å². The second kappa shape index (κ2) is 5.48. The van der Waals surface area contributed by atoms with Gasteiger partial charge in [-0.2, -0.15) is 4.39 Å². The summed E-state index contributed by atoms with van der Waals surface area (Å²) in [5.41, 5.74) is 0.525. The molecule has 104 valence electrons. The molecule has 0 atom stereocenters. The summed E-state index contributed by atoms with van der Waals surface area (Å²) in [6.07, 6.45) is 7.80. The van der Waals surface area contributed by atoms with Crippen LogP contribution >= 0.6 is 0 Å². The van der Waals surface area contributed by atoms with E-state index in [-0.39, 0.29) is 11.7 Å². The Kier molecular flexibility index (Phi) is 3.72. The standard InChI is InChI=1S/C16H20F2O/c17-15-13(12-6-3-7-12)8-9-14(16(15)18)19-10-11-4-1-2-5-11/h8-9,11-12H,1-7,10H2. The Morgan fingerprint density at radius 2 is 1.68 bits per heavy atom. The Bertz CT molecular complexity index is 448. The van der Waals surface area contributed by atoms with E-state index in [9.17, 15) is 8.78 Å². The van der Waals surface area contributed by atoms with Crippen LogP contribution in [0.1, 0.15) is 56.4 Å². The van der Waals surface area contributed by atoms with Gasteiger partial charge in [0.05, 0.1) is 6.61 Å². The van der Waals surface area contributed by atoms with Gasteiger partial charge in [-0.05, 0) is 49.1 Å². The molecule has 0 radical (unpaired) electrons. The highest BCUT2D eigenvalue weighted by atomic mass is 19.2. The van der Waals surface area contributed by atoms with E-state index in [4.69, 9.17) is 4.74 Å². The SMILES string of the molecule is Fc1c(OCC2CCCC2)ccc(C2CCC2)c1F. The van der Waals surface area contributed by atoms with Crippen LogP contribution in [0.5, 0.6) is 5.75 Å². The van der Waals surface area contributed by atoms with Gasteiger partial charge in [0, 0.05) is 0 Å². The molecular formula is C16H20F2O. The summed E-state index contributed by atoms with van der Waals surface area (Å²) >= 11 is 0. The topological polar surface area (TPSA) is 9.23 Å². The van der Waals surface area contributed by atoms with Crippen LogP contribution in [0, 0.1) is 17.6 Å². The van der Waals surface area contributed by atoms with E-state index in [2.05, 4.69) is 0 Å². The third-order valence-corrected chi connectivity index (χ3v) is 4.57. The van der Waals surface area contributed by atoms with Crippen molar-refractivity contribution >= 4 is 0 Å². The van der Waals surface area contributed by atoms with Gasteiger partial charge in [-0.3, -0.25) is 0 Å². The van der Waals surface area contributed by atoms with Gasteiger partial charge in [0.25, 0.3) is 0 Å². The highest BCUT2D eigenvalue weighted by Gasteiger charge is 2.26.